The summed E-state index contributed by atoms with van der Waals surface area (Å²) in [6.07, 6.45) is -1.52. The van der Waals surface area contributed by atoms with Gasteiger partial charge in [-0.15, -0.1) is 0 Å². The van der Waals surface area contributed by atoms with Crippen molar-refractivity contribution in [1.82, 2.24) is 0 Å². The maximum Gasteiger partial charge on any atom is 0.433 e. The van der Waals surface area contributed by atoms with Crippen LogP contribution in [0.5, 0.6) is 0 Å². The lowest BCUT2D eigenvalue weighted by molar-refractivity contribution is -0.135. The van der Waals surface area contributed by atoms with E-state index >= 15 is 0 Å². The molecule has 0 aliphatic carbocycles. The Labute approximate surface area is 64.1 Å². The number of nitrogens with two attached hydrogens (primary N) is 1. The monoisotopic (exact) mass is 162 g/mol. The molecule has 0 bridgehead atoms. The van der Waals surface area contributed by atoms with Gasteiger partial charge in [0.05, 0.1) is 6.61 Å². The van der Waals surface area contributed by atoms with Crippen LogP contribution in [0.1, 0.15) is 8.35 Å². The lowest BCUT2D eigenvalue weighted by Gasteiger charge is -1.97. The van der Waals surface area contributed by atoms with Crippen molar-refractivity contribution >= 4 is 17.9 Å². The van der Waals surface area contributed by atoms with Crippen LogP contribution in [-0.2, 0) is 9.53 Å². The largest absolute Gasteiger partial charge is 0.463 e. The van der Waals surface area contributed by atoms with Crippen LogP contribution in [-0.4, -0.2) is 29.6 Å². The number of hydrogen-bond acceptors (Lipinski definition) is 3. The molecule has 0 aromatic carbocycles. The third-order valence-corrected chi connectivity index (χ3v) is 0.701. The number of ether oxygens (including phenoxy) is 1. The molecule has 64 valence electrons. The highest BCUT2D eigenvalue weighted by molar-refractivity contribution is 6.36. The second-order valence-corrected chi connectivity index (χ2v) is 1.50. The third-order valence-electron chi connectivity index (χ3n) is 0.701. The van der Waals surface area contributed by atoms with Gasteiger partial charge < -0.3 is 15.6 Å². The Balaban J connectivity index is 0. The number of rotatable bonds is 1. The molecule has 0 aliphatic heterocycles. The molecule has 6 heteroatoms. The fourth-order valence-electron chi connectivity index (χ4n) is 0.354. The summed E-state index contributed by atoms with van der Waals surface area (Å²) < 4.78 is 4.35. The van der Waals surface area contributed by atoms with E-state index in [0.29, 0.717) is 0 Å². The molecular weight excluding hydrogens is 152 g/mol. The van der Waals surface area contributed by atoms with Crippen LogP contribution < -0.4 is 5.73 Å². The maximum atomic E-state index is 10.5. The zero-order valence-electron chi connectivity index (χ0n) is 5.90. The molecule has 1 amide bonds. The van der Waals surface area contributed by atoms with Gasteiger partial charge in [-0.2, -0.15) is 4.99 Å². The van der Waals surface area contributed by atoms with Gasteiger partial charge in [0.2, 0.25) is 5.84 Å². The molecule has 0 atom stereocenters. The average Bonchev–Trinajstić information content (AvgIpc) is 1.86. The standard InChI is InChI=1S/C5H8N2O4.H2/c1-2-11-4(8)3(6)7-5(9)10;/h2H2,1H3,(H2,6,7)(H,9,10);1H. The number of amidine groups is 1. The molecule has 0 aliphatic rings. The van der Waals surface area contributed by atoms with E-state index in [1.54, 1.807) is 6.92 Å². The van der Waals surface area contributed by atoms with Gasteiger partial charge >= 0.3 is 12.1 Å². The molecule has 6 nitrogen and oxygen atoms in total. The summed E-state index contributed by atoms with van der Waals surface area (Å²) in [7, 11) is 0. The zero-order valence-corrected chi connectivity index (χ0v) is 5.90. The summed E-state index contributed by atoms with van der Waals surface area (Å²) in [5, 5.41) is 8.03. The topological polar surface area (TPSA) is 102 Å². The van der Waals surface area contributed by atoms with Crippen LogP contribution in [0, 0.1) is 0 Å². The minimum atomic E-state index is -1.52. The van der Waals surface area contributed by atoms with E-state index < -0.39 is 17.9 Å². The number of amides is 1. The van der Waals surface area contributed by atoms with Crippen molar-refractivity contribution in [2.45, 2.75) is 6.92 Å². The van der Waals surface area contributed by atoms with Crippen molar-refractivity contribution in [2.75, 3.05) is 6.61 Å². The van der Waals surface area contributed by atoms with Crippen LogP contribution in [0.25, 0.3) is 0 Å². The molecule has 0 saturated heterocycles. The van der Waals surface area contributed by atoms with Crippen molar-refractivity contribution in [3.8, 4) is 0 Å². The molecule has 0 aromatic heterocycles. The fraction of sp³-hybridized carbons (Fsp3) is 0.400. The summed E-state index contributed by atoms with van der Waals surface area (Å²) >= 11 is 0. The predicted octanol–water partition coefficient (Wildman–Crippen LogP) is -0.169. The number of carboxylic acid groups (broad SMARTS) is 1. The van der Waals surface area contributed by atoms with E-state index in [-0.39, 0.29) is 8.03 Å². The van der Waals surface area contributed by atoms with Crippen molar-refractivity contribution in [3.05, 3.63) is 0 Å². The van der Waals surface area contributed by atoms with Gasteiger partial charge in [-0.05, 0) is 6.92 Å². The van der Waals surface area contributed by atoms with Crippen LogP contribution in [0.2, 0.25) is 0 Å². The molecule has 0 saturated carbocycles. The zero-order chi connectivity index (χ0) is 8.85. The summed E-state index contributed by atoms with van der Waals surface area (Å²) in [6, 6.07) is 0. The number of esters is 1. The first-order valence-electron chi connectivity index (χ1n) is 2.82. The smallest absolute Gasteiger partial charge is 0.433 e. The molecule has 0 spiro atoms. The lowest BCUT2D eigenvalue weighted by atomic mass is 10.6. The first kappa shape index (κ1) is 9.41. The first-order valence-corrected chi connectivity index (χ1v) is 2.82. The highest BCUT2D eigenvalue weighted by Gasteiger charge is 2.08. The molecule has 0 radical (unpaired) electrons. The number of aliphatic imine (C=N–C) groups is 1. The fourth-order valence-corrected chi connectivity index (χ4v) is 0.354. The van der Waals surface area contributed by atoms with E-state index in [1.807, 2.05) is 0 Å². The number of nitrogens with zero attached hydrogens (tertiary/aromatic N) is 1. The van der Waals surface area contributed by atoms with Crippen molar-refractivity contribution in [2.24, 2.45) is 10.7 Å². The van der Waals surface area contributed by atoms with Gasteiger partial charge in [0.25, 0.3) is 0 Å². The molecule has 0 heterocycles. The van der Waals surface area contributed by atoms with E-state index in [4.69, 9.17) is 10.8 Å². The number of hydrogen-bond donors (Lipinski definition) is 2. The van der Waals surface area contributed by atoms with E-state index in [1.165, 1.54) is 0 Å². The first-order chi connectivity index (χ1) is 5.07. The van der Waals surface area contributed by atoms with Crippen molar-refractivity contribution in [3.63, 3.8) is 0 Å². The number of carbonyl (C=O) groups is 2. The minimum absolute atomic E-state index is 0. The molecule has 0 fully saturated rings. The van der Waals surface area contributed by atoms with Gasteiger partial charge in [-0.1, -0.05) is 0 Å². The van der Waals surface area contributed by atoms with Gasteiger partial charge in [0.1, 0.15) is 0 Å². The lowest BCUT2D eigenvalue weighted by Crippen LogP contribution is -2.27. The molecule has 0 rings (SSSR count). The predicted molar refractivity (Wildman–Crippen MR) is 38.4 cm³/mol. The molecular formula is C5H10N2O4. The average molecular weight is 162 g/mol. The Hall–Kier alpha value is -1.59. The van der Waals surface area contributed by atoms with Crippen molar-refractivity contribution < 1.29 is 20.9 Å². The Morgan fingerprint density at radius 1 is 1.73 bits per heavy atom. The second kappa shape index (κ2) is 4.26. The normalized spacial score (nSPS) is 10.8. The highest BCUT2D eigenvalue weighted by atomic mass is 16.5. The van der Waals surface area contributed by atoms with Gasteiger partial charge in [0, 0.05) is 1.43 Å². The molecule has 3 N–H and O–H groups in total. The van der Waals surface area contributed by atoms with Crippen LogP contribution in [0.4, 0.5) is 4.79 Å². The Morgan fingerprint density at radius 2 is 2.27 bits per heavy atom. The SMILES string of the molecule is CCOC(=O)/C(N)=N/C(=O)O.[HH]. The Kier molecular flexibility index (Phi) is 3.65. The summed E-state index contributed by atoms with van der Waals surface area (Å²) in [4.78, 5) is 23.1. The minimum Gasteiger partial charge on any atom is -0.463 e. The maximum absolute atomic E-state index is 10.5. The van der Waals surface area contributed by atoms with E-state index in [0.717, 1.165) is 0 Å². The summed E-state index contributed by atoms with van der Waals surface area (Å²) in [6.45, 7) is 1.71. The third kappa shape index (κ3) is 3.90. The Bertz CT molecular complexity index is 204. The molecule has 0 aromatic rings. The van der Waals surface area contributed by atoms with Crippen molar-refractivity contribution in [1.29, 1.82) is 0 Å². The summed E-state index contributed by atoms with van der Waals surface area (Å²) in [5.74, 6) is -1.57. The van der Waals surface area contributed by atoms with Gasteiger partial charge in [-0.25, -0.2) is 9.59 Å². The van der Waals surface area contributed by atoms with E-state index in [2.05, 4.69) is 9.73 Å². The Morgan fingerprint density at radius 3 is 2.64 bits per heavy atom. The van der Waals surface area contributed by atoms with E-state index in [9.17, 15) is 9.59 Å². The highest BCUT2D eigenvalue weighted by Crippen LogP contribution is 1.80. The number of carbonyl (C=O) groups excluding carboxylic acids is 1. The van der Waals surface area contributed by atoms with Gasteiger partial charge in [-0.3, -0.25) is 0 Å². The quantitative estimate of drug-likeness (QED) is 0.316. The van der Waals surface area contributed by atoms with Crippen LogP contribution in [0.3, 0.4) is 0 Å². The molecule has 0 unspecified atom stereocenters. The summed E-state index contributed by atoms with van der Waals surface area (Å²) in [5.41, 5.74) is 4.90. The van der Waals surface area contributed by atoms with Gasteiger partial charge in [0.15, 0.2) is 0 Å². The molecule has 11 heavy (non-hydrogen) atoms. The van der Waals surface area contributed by atoms with Crippen LogP contribution in [0.15, 0.2) is 4.99 Å². The van der Waals surface area contributed by atoms with Crippen LogP contribution >= 0.6 is 0 Å². The second-order valence-electron chi connectivity index (χ2n) is 1.50.